The summed E-state index contributed by atoms with van der Waals surface area (Å²) in [6, 6.07) is 37.2. The zero-order valence-corrected chi connectivity index (χ0v) is 24.0. The summed E-state index contributed by atoms with van der Waals surface area (Å²) in [5.74, 6) is 0. The molecule has 0 spiro atoms. The SMILES string of the molecule is c1cc(CC(c2ccc(CC3CO3)cc2)(c2ccc(CC3CO3)cc2)c2ccc(CC3CO3)cc2)ccc1CC1CO1. The maximum absolute atomic E-state index is 5.53. The molecule has 0 aromatic heterocycles. The summed E-state index contributed by atoms with van der Waals surface area (Å²) < 4.78 is 22.1. The van der Waals surface area contributed by atoms with Gasteiger partial charge >= 0.3 is 0 Å². The van der Waals surface area contributed by atoms with Crippen LogP contribution in [0.15, 0.2) is 97.1 Å². The molecule has 0 amide bonds. The van der Waals surface area contributed by atoms with Crippen LogP contribution in [0.1, 0.15) is 44.5 Å². The maximum Gasteiger partial charge on any atom is 0.0850 e. The van der Waals surface area contributed by atoms with Crippen LogP contribution >= 0.6 is 0 Å². The number of ether oxygens (including phenoxy) is 4. The Hall–Kier alpha value is -3.28. The Morgan fingerprint density at radius 1 is 0.381 bits per heavy atom. The molecule has 4 aromatic carbocycles. The molecule has 4 atom stereocenters. The van der Waals surface area contributed by atoms with Gasteiger partial charge in [0.05, 0.1) is 50.8 Å². The monoisotopic (exact) mass is 558 g/mol. The molecule has 4 aliphatic rings. The van der Waals surface area contributed by atoms with Gasteiger partial charge in [0.2, 0.25) is 0 Å². The summed E-state index contributed by atoms with van der Waals surface area (Å²) in [5.41, 5.74) is 10.3. The lowest BCUT2D eigenvalue weighted by atomic mass is 9.65. The van der Waals surface area contributed by atoms with Gasteiger partial charge in [-0.1, -0.05) is 97.1 Å². The molecule has 0 saturated carbocycles. The quantitative estimate of drug-likeness (QED) is 0.149. The van der Waals surface area contributed by atoms with Crippen LogP contribution in [0.4, 0.5) is 0 Å². The Bertz CT molecular complexity index is 1350. The first-order valence-electron chi connectivity index (χ1n) is 15.5. The second-order valence-corrected chi connectivity index (χ2v) is 12.6. The average molecular weight is 559 g/mol. The molecule has 214 valence electrons. The Kier molecular flexibility index (Phi) is 6.96. The lowest BCUT2D eigenvalue weighted by Gasteiger charge is -2.37. The van der Waals surface area contributed by atoms with Crippen LogP contribution in [-0.2, 0) is 56.5 Å². The molecular formula is C38H38O4. The van der Waals surface area contributed by atoms with Gasteiger partial charge in [0.25, 0.3) is 0 Å². The van der Waals surface area contributed by atoms with Crippen LogP contribution in [0.25, 0.3) is 0 Å². The van der Waals surface area contributed by atoms with Gasteiger partial charge in [-0.2, -0.15) is 0 Å². The third-order valence-corrected chi connectivity index (χ3v) is 9.30. The first-order chi connectivity index (χ1) is 20.7. The maximum atomic E-state index is 5.53. The van der Waals surface area contributed by atoms with E-state index in [2.05, 4.69) is 97.1 Å². The molecule has 0 bridgehead atoms. The molecule has 8 rings (SSSR count). The van der Waals surface area contributed by atoms with Gasteiger partial charge < -0.3 is 18.9 Å². The van der Waals surface area contributed by atoms with Crippen molar-refractivity contribution in [3.8, 4) is 0 Å². The second-order valence-electron chi connectivity index (χ2n) is 12.6. The van der Waals surface area contributed by atoms with E-state index >= 15 is 0 Å². The first-order valence-corrected chi connectivity index (χ1v) is 15.5. The van der Waals surface area contributed by atoms with Crippen molar-refractivity contribution in [3.05, 3.63) is 142 Å². The minimum atomic E-state index is -0.348. The molecular weight excluding hydrogens is 520 g/mol. The van der Waals surface area contributed by atoms with Gasteiger partial charge in [0.15, 0.2) is 0 Å². The van der Waals surface area contributed by atoms with Crippen LogP contribution in [0.2, 0.25) is 0 Å². The van der Waals surface area contributed by atoms with Gasteiger partial charge in [0.1, 0.15) is 0 Å². The van der Waals surface area contributed by atoms with Gasteiger partial charge in [-0.3, -0.25) is 0 Å². The van der Waals surface area contributed by atoms with Crippen LogP contribution in [0.3, 0.4) is 0 Å². The van der Waals surface area contributed by atoms with E-state index in [-0.39, 0.29) is 5.41 Å². The van der Waals surface area contributed by atoms with Crippen molar-refractivity contribution in [2.75, 3.05) is 26.4 Å². The smallest absolute Gasteiger partial charge is 0.0850 e. The third kappa shape index (κ3) is 6.09. The van der Waals surface area contributed by atoms with E-state index in [0.29, 0.717) is 24.4 Å². The molecule has 4 heterocycles. The molecule has 4 aromatic rings. The lowest BCUT2D eigenvalue weighted by Crippen LogP contribution is -2.32. The van der Waals surface area contributed by atoms with Gasteiger partial charge in [0, 0.05) is 31.1 Å². The largest absolute Gasteiger partial charge is 0.373 e. The summed E-state index contributed by atoms with van der Waals surface area (Å²) >= 11 is 0. The highest BCUT2D eigenvalue weighted by atomic mass is 16.6. The summed E-state index contributed by atoms with van der Waals surface area (Å²) in [6.45, 7) is 3.53. The van der Waals surface area contributed by atoms with E-state index in [1.807, 2.05) is 0 Å². The van der Waals surface area contributed by atoms with E-state index in [4.69, 9.17) is 18.9 Å². The Morgan fingerprint density at radius 2 is 0.619 bits per heavy atom. The zero-order valence-electron chi connectivity index (χ0n) is 24.0. The molecule has 0 aliphatic carbocycles. The third-order valence-electron chi connectivity index (χ3n) is 9.30. The van der Waals surface area contributed by atoms with E-state index in [9.17, 15) is 0 Å². The van der Waals surface area contributed by atoms with Gasteiger partial charge in [-0.15, -0.1) is 0 Å². The minimum absolute atomic E-state index is 0.348. The molecule has 4 unspecified atom stereocenters. The van der Waals surface area contributed by atoms with Crippen molar-refractivity contribution in [2.45, 2.75) is 61.9 Å². The predicted octanol–water partition coefficient (Wildman–Crippen LogP) is 6.03. The number of rotatable bonds is 13. The van der Waals surface area contributed by atoms with Crippen molar-refractivity contribution < 1.29 is 18.9 Å². The standard InChI is InChI=1S/C38H38O4/c1-3-30(4-2-26(1)17-34-22-39-34)21-38(31-11-5-27(6-12-31)18-35-23-40-35,32-13-7-28(8-14-32)19-36-24-41-36)33-15-9-29(10-16-33)20-37-25-42-37/h1-16,34-37H,17-25H2. The van der Waals surface area contributed by atoms with E-state index in [1.54, 1.807) is 0 Å². The summed E-state index contributed by atoms with van der Waals surface area (Å²) in [7, 11) is 0. The van der Waals surface area contributed by atoms with Crippen molar-refractivity contribution in [1.29, 1.82) is 0 Å². The van der Waals surface area contributed by atoms with Crippen molar-refractivity contribution in [3.63, 3.8) is 0 Å². The fourth-order valence-electron chi connectivity index (χ4n) is 6.48. The zero-order chi connectivity index (χ0) is 27.9. The Morgan fingerprint density at radius 3 is 0.881 bits per heavy atom. The van der Waals surface area contributed by atoms with Crippen LogP contribution in [0.5, 0.6) is 0 Å². The van der Waals surface area contributed by atoms with Crippen molar-refractivity contribution >= 4 is 0 Å². The van der Waals surface area contributed by atoms with Crippen LogP contribution in [-0.4, -0.2) is 50.8 Å². The number of benzene rings is 4. The van der Waals surface area contributed by atoms with Crippen LogP contribution < -0.4 is 0 Å². The van der Waals surface area contributed by atoms with E-state index in [1.165, 1.54) is 44.5 Å². The number of hydrogen-bond donors (Lipinski definition) is 0. The molecule has 42 heavy (non-hydrogen) atoms. The lowest BCUT2D eigenvalue weighted by molar-refractivity contribution is 0.407. The first kappa shape index (κ1) is 26.4. The molecule has 4 fully saturated rings. The molecule has 4 nitrogen and oxygen atoms in total. The van der Waals surface area contributed by atoms with Gasteiger partial charge in [-0.05, 0) is 50.9 Å². The summed E-state index contributed by atoms with van der Waals surface area (Å²) in [4.78, 5) is 0. The number of hydrogen-bond acceptors (Lipinski definition) is 4. The Labute approximate surface area is 248 Å². The fourth-order valence-corrected chi connectivity index (χ4v) is 6.48. The number of epoxide rings is 4. The highest BCUT2D eigenvalue weighted by Gasteiger charge is 2.37. The fraction of sp³-hybridized carbons (Fsp3) is 0.368. The normalized spacial score (nSPS) is 25.0. The molecule has 4 saturated heterocycles. The van der Waals surface area contributed by atoms with Crippen molar-refractivity contribution in [1.82, 2.24) is 0 Å². The summed E-state index contributed by atoms with van der Waals surface area (Å²) in [5, 5.41) is 0. The topological polar surface area (TPSA) is 50.1 Å². The molecule has 0 N–H and O–H groups in total. The molecule has 4 heteroatoms. The molecule has 0 radical (unpaired) electrons. The second kappa shape index (κ2) is 11.1. The Balaban J connectivity index is 1.21. The van der Waals surface area contributed by atoms with Crippen LogP contribution in [0, 0.1) is 0 Å². The predicted molar refractivity (Wildman–Crippen MR) is 163 cm³/mol. The highest BCUT2D eigenvalue weighted by Crippen LogP contribution is 2.43. The molecule has 4 aliphatic heterocycles. The minimum Gasteiger partial charge on any atom is -0.373 e. The summed E-state index contributed by atoms with van der Waals surface area (Å²) in [6.07, 6.45) is 6.35. The highest BCUT2D eigenvalue weighted by molar-refractivity contribution is 5.53. The van der Waals surface area contributed by atoms with E-state index in [0.717, 1.165) is 58.5 Å². The van der Waals surface area contributed by atoms with Crippen molar-refractivity contribution in [2.24, 2.45) is 0 Å². The average Bonchev–Trinajstić information content (AvgIpc) is 3.80. The van der Waals surface area contributed by atoms with Gasteiger partial charge in [-0.25, -0.2) is 0 Å². The van der Waals surface area contributed by atoms with E-state index < -0.39 is 0 Å².